The molecule has 0 unspecified atom stereocenters. The van der Waals surface area contributed by atoms with Gasteiger partial charge in [-0.2, -0.15) is 5.10 Å². The molecule has 10 heavy (non-hydrogen) atoms. The molecule has 1 rings (SSSR count). The predicted octanol–water partition coefficient (Wildman–Crippen LogP) is 1.000. The molecular weight excluding hydrogens is 243 g/mol. The van der Waals surface area contributed by atoms with Crippen molar-refractivity contribution in [3.63, 3.8) is 0 Å². The molecule has 0 aliphatic carbocycles. The van der Waals surface area contributed by atoms with Crippen LogP contribution in [0.15, 0.2) is 6.07 Å². The van der Waals surface area contributed by atoms with Crippen molar-refractivity contribution in [1.82, 2.24) is 9.78 Å². The van der Waals surface area contributed by atoms with Gasteiger partial charge in [-0.1, -0.05) is 0 Å². The van der Waals surface area contributed by atoms with Gasteiger partial charge in [0.25, 0.3) is 0 Å². The first-order valence-electron chi connectivity index (χ1n) is 3.11. The van der Waals surface area contributed by atoms with Crippen LogP contribution in [0.2, 0.25) is 0 Å². The quantitative estimate of drug-likeness (QED) is 0.797. The summed E-state index contributed by atoms with van der Waals surface area (Å²) in [5.41, 5.74) is 0.881. The Balaban J connectivity index is 2.96. The Morgan fingerprint density at radius 1 is 1.80 bits per heavy atom. The first kappa shape index (κ1) is 8.00. The summed E-state index contributed by atoms with van der Waals surface area (Å²) in [5.74, 6) is 0. The smallest absolute Gasteiger partial charge is 0.123 e. The maximum Gasteiger partial charge on any atom is 0.123 e. The van der Waals surface area contributed by atoms with Gasteiger partial charge in [-0.25, -0.2) is 0 Å². The number of halogens is 1. The number of hydrogen-bond donors (Lipinski definition) is 1. The molecule has 1 aromatic heterocycles. The zero-order valence-electron chi connectivity index (χ0n) is 5.71. The van der Waals surface area contributed by atoms with E-state index in [-0.39, 0.29) is 6.61 Å². The van der Waals surface area contributed by atoms with Crippen LogP contribution in [0.25, 0.3) is 0 Å². The molecule has 0 radical (unpaired) electrons. The van der Waals surface area contributed by atoms with Crippen LogP contribution >= 0.6 is 22.6 Å². The molecule has 0 aromatic carbocycles. The largest absolute Gasteiger partial charge is 0.390 e. The summed E-state index contributed by atoms with van der Waals surface area (Å²) in [4.78, 5) is 0. The molecule has 0 atom stereocenters. The van der Waals surface area contributed by atoms with Crippen LogP contribution < -0.4 is 0 Å². The zero-order chi connectivity index (χ0) is 7.56. The molecule has 3 nitrogen and oxygen atoms in total. The van der Waals surface area contributed by atoms with Crippen LogP contribution in [0.4, 0.5) is 0 Å². The zero-order valence-corrected chi connectivity index (χ0v) is 7.87. The molecule has 1 heterocycles. The average Bonchev–Trinajstić information content (AvgIpc) is 2.30. The molecular formula is C6H9IN2O. The van der Waals surface area contributed by atoms with Gasteiger partial charge >= 0.3 is 0 Å². The van der Waals surface area contributed by atoms with Crippen LogP contribution in [0.5, 0.6) is 0 Å². The molecule has 0 bridgehead atoms. The number of aliphatic hydroxyl groups is 1. The van der Waals surface area contributed by atoms with Gasteiger partial charge in [0, 0.05) is 6.54 Å². The van der Waals surface area contributed by atoms with Crippen molar-refractivity contribution in [2.24, 2.45) is 0 Å². The summed E-state index contributed by atoms with van der Waals surface area (Å²) < 4.78 is 2.73. The standard InChI is InChI=1S/C6H9IN2O/c1-2-9-5(4-10)3-6(7)8-9/h3,10H,2,4H2,1H3. The molecule has 56 valence electrons. The summed E-state index contributed by atoms with van der Waals surface area (Å²) in [6, 6.07) is 1.88. The van der Waals surface area contributed by atoms with E-state index >= 15 is 0 Å². The minimum atomic E-state index is 0.0733. The summed E-state index contributed by atoms with van der Waals surface area (Å²) in [6.07, 6.45) is 0. The number of rotatable bonds is 2. The predicted molar refractivity (Wildman–Crippen MR) is 46.5 cm³/mol. The highest BCUT2D eigenvalue weighted by Gasteiger charge is 2.01. The Hall–Kier alpha value is -0.100. The topological polar surface area (TPSA) is 38.0 Å². The van der Waals surface area contributed by atoms with Crippen LogP contribution in [-0.4, -0.2) is 14.9 Å². The van der Waals surface area contributed by atoms with Crippen molar-refractivity contribution in [3.05, 3.63) is 15.5 Å². The van der Waals surface area contributed by atoms with Crippen molar-refractivity contribution in [3.8, 4) is 0 Å². The monoisotopic (exact) mass is 252 g/mol. The van der Waals surface area contributed by atoms with Gasteiger partial charge < -0.3 is 5.11 Å². The lowest BCUT2D eigenvalue weighted by atomic mass is 10.4. The average molecular weight is 252 g/mol. The lowest BCUT2D eigenvalue weighted by Gasteiger charge is -1.98. The third kappa shape index (κ3) is 1.49. The summed E-state index contributed by atoms with van der Waals surface area (Å²) in [5, 5.41) is 12.9. The van der Waals surface area contributed by atoms with Crippen LogP contribution in [0, 0.1) is 3.70 Å². The fraction of sp³-hybridized carbons (Fsp3) is 0.500. The van der Waals surface area contributed by atoms with Crippen LogP contribution in [0.1, 0.15) is 12.6 Å². The van der Waals surface area contributed by atoms with Crippen molar-refractivity contribution in [1.29, 1.82) is 0 Å². The molecule has 0 saturated carbocycles. The van der Waals surface area contributed by atoms with E-state index < -0.39 is 0 Å². The highest BCUT2D eigenvalue weighted by atomic mass is 127. The minimum absolute atomic E-state index is 0.0733. The molecule has 0 fully saturated rings. The second-order valence-corrected chi connectivity index (χ2v) is 3.04. The molecule has 1 N–H and O–H groups in total. The van der Waals surface area contributed by atoms with Crippen molar-refractivity contribution in [2.45, 2.75) is 20.1 Å². The van der Waals surface area contributed by atoms with Gasteiger partial charge in [0.15, 0.2) is 0 Å². The van der Waals surface area contributed by atoms with Gasteiger partial charge in [0.2, 0.25) is 0 Å². The summed E-state index contributed by atoms with van der Waals surface area (Å²) in [7, 11) is 0. The fourth-order valence-corrected chi connectivity index (χ4v) is 1.44. The minimum Gasteiger partial charge on any atom is -0.390 e. The van der Waals surface area contributed by atoms with E-state index in [9.17, 15) is 0 Å². The molecule has 0 aliphatic rings. The van der Waals surface area contributed by atoms with Gasteiger partial charge in [-0.05, 0) is 35.6 Å². The van der Waals surface area contributed by atoms with Gasteiger partial charge in [-0.3, -0.25) is 4.68 Å². The van der Waals surface area contributed by atoms with E-state index in [4.69, 9.17) is 5.11 Å². The normalized spacial score (nSPS) is 10.3. The van der Waals surface area contributed by atoms with Crippen molar-refractivity contribution < 1.29 is 5.11 Å². The molecule has 1 aromatic rings. The first-order valence-corrected chi connectivity index (χ1v) is 4.19. The lowest BCUT2D eigenvalue weighted by Crippen LogP contribution is -2.01. The van der Waals surface area contributed by atoms with E-state index in [0.717, 1.165) is 15.9 Å². The van der Waals surface area contributed by atoms with Gasteiger partial charge in [-0.15, -0.1) is 0 Å². The maximum atomic E-state index is 8.80. The molecule has 0 saturated heterocycles. The Morgan fingerprint density at radius 2 is 2.50 bits per heavy atom. The Bertz CT molecular complexity index is 200. The number of hydrogen-bond acceptors (Lipinski definition) is 2. The summed E-state index contributed by atoms with van der Waals surface area (Å²) in [6.45, 7) is 2.89. The lowest BCUT2D eigenvalue weighted by molar-refractivity contribution is 0.268. The van der Waals surface area contributed by atoms with Gasteiger partial charge in [0.05, 0.1) is 12.3 Å². The summed E-state index contributed by atoms with van der Waals surface area (Å²) >= 11 is 2.13. The van der Waals surface area contributed by atoms with E-state index in [1.54, 1.807) is 4.68 Å². The SMILES string of the molecule is CCn1nc(I)cc1CO. The molecule has 0 aliphatic heterocycles. The maximum absolute atomic E-state index is 8.80. The van der Waals surface area contributed by atoms with E-state index in [1.165, 1.54) is 0 Å². The Kier molecular flexibility index (Phi) is 2.67. The van der Waals surface area contributed by atoms with Crippen LogP contribution in [-0.2, 0) is 13.2 Å². The van der Waals surface area contributed by atoms with E-state index in [0.29, 0.717) is 0 Å². The molecule has 4 heteroatoms. The fourth-order valence-electron chi connectivity index (χ4n) is 0.821. The van der Waals surface area contributed by atoms with Crippen molar-refractivity contribution in [2.75, 3.05) is 0 Å². The number of aryl methyl sites for hydroxylation is 1. The molecule has 0 amide bonds. The third-order valence-corrected chi connectivity index (χ3v) is 1.82. The van der Waals surface area contributed by atoms with Crippen LogP contribution in [0.3, 0.4) is 0 Å². The Labute approximate surface area is 73.2 Å². The number of aromatic nitrogens is 2. The van der Waals surface area contributed by atoms with E-state index in [2.05, 4.69) is 27.7 Å². The highest BCUT2D eigenvalue weighted by Crippen LogP contribution is 2.06. The van der Waals surface area contributed by atoms with Crippen molar-refractivity contribution >= 4 is 22.6 Å². The number of aliphatic hydroxyl groups excluding tert-OH is 1. The van der Waals surface area contributed by atoms with Gasteiger partial charge in [0.1, 0.15) is 3.70 Å². The first-order chi connectivity index (χ1) is 4.77. The third-order valence-electron chi connectivity index (χ3n) is 1.30. The second-order valence-electron chi connectivity index (χ2n) is 1.93. The Morgan fingerprint density at radius 3 is 2.90 bits per heavy atom. The second kappa shape index (κ2) is 3.34. The molecule has 0 spiro atoms. The highest BCUT2D eigenvalue weighted by molar-refractivity contribution is 14.1. The van der Waals surface area contributed by atoms with E-state index in [1.807, 2.05) is 13.0 Å². The number of nitrogens with zero attached hydrogens (tertiary/aromatic N) is 2.